The van der Waals surface area contributed by atoms with Crippen LogP contribution in [0.1, 0.15) is 26.3 Å². The summed E-state index contributed by atoms with van der Waals surface area (Å²) >= 11 is 3.49. The molecule has 2 rings (SSSR count). The third-order valence-electron chi connectivity index (χ3n) is 4.23. The van der Waals surface area contributed by atoms with Crippen LogP contribution in [0.15, 0.2) is 28.7 Å². The maximum atomic E-state index is 6.14. The van der Waals surface area contributed by atoms with Gasteiger partial charge < -0.3 is 10.5 Å². The molecule has 2 N–H and O–H groups in total. The van der Waals surface area contributed by atoms with Crippen LogP contribution in [0.4, 0.5) is 0 Å². The molecule has 0 bridgehead atoms. The third kappa shape index (κ3) is 3.42. The van der Waals surface area contributed by atoms with Crippen molar-refractivity contribution in [1.29, 1.82) is 0 Å². The van der Waals surface area contributed by atoms with Crippen molar-refractivity contribution in [3.8, 4) is 0 Å². The Balaban J connectivity index is 2.21. The van der Waals surface area contributed by atoms with Crippen LogP contribution in [0.5, 0.6) is 0 Å². The lowest BCUT2D eigenvalue weighted by Crippen LogP contribution is -2.65. The second-order valence-electron chi connectivity index (χ2n) is 6.52. The summed E-state index contributed by atoms with van der Waals surface area (Å²) in [5.74, 6) is 0. The maximum absolute atomic E-state index is 6.14. The monoisotopic (exact) mass is 340 g/mol. The average Bonchev–Trinajstić information content (AvgIpc) is 2.41. The lowest BCUT2D eigenvalue weighted by molar-refractivity contribution is -0.0984. The molecule has 0 saturated carbocycles. The van der Waals surface area contributed by atoms with Crippen molar-refractivity contribution in [3.05, 3.63) is 34.3 Å². The number of benzene rings is 1. The Bertz CT molecular complexity index is 446. The highest BCUT2D eigenvalue weighted by Gasteiger charge is 2.41. The molecule has 4 heteroatoms. The number of nitrogens with two attached hydrogens (primary N) is 1. The SMILES string of the molecule is CC1(C)COCCN1C(C)(CN)Cc1ccc(Br)cc1. The summed E-state index contributed by atoms with van der Waals surface area (Å²) in [7, 11) is 0. The standard InChI is InChI=1S/C16H25BrN2O/c1-15(2)12-20-9-8-19(15)16(3,11-18)10-13-4-6-14(17)7-5-13/h4-7H,8-12,18H2,1-3H3. The molecule has 1 saturated heterocycles. The zero-order valence-corrected chi connectivity index (χ0v) is 14.2. The smallest absolute Gasteiger partial charge is 0.0645 e. The van der Waals surface area contributed by atoms with Crippen LogP contribution in [-0.4, -0.2) is 42.3 Å². The lowest BCUT2D eigenvalue weighted by atomic mass is 9.85. The van der Waals surface area contributed by atoms with Crippen LogP contribution in [0.2, 0.25) is 0 Å². The summed E-state index contributed by atoms with van der Waals surface area (Å²) in [6, 6.07) is 8.53. The Morgan fingerprint density at radius 2 is 2.00 bits per heavy atom. The van der Waals surface area contributed by atoms with Gasteiger partial charge in [0.05, 0.1) is 13.2 Å². The second kappa shape index (κ2) is 6.14. The maximum Gasteiger partial charge on any atom is 0.0645 e. The molecular weight excluding hydrogens is 316 g/mol. The molecule has 20 heavy (non-hydrogen) atoms. The van der Waals surface area contributed by atoms with E-state index in [4.69, 9.17) is 10.5 Å². The number of morpholine rings is 1. The number of ether oxygens (including phenoxy) is 1. The van der Waals surface area contributed by atoms with Gasteiger partial charge in [0.2, 0.25) is 0 Å². The number of halogens is 1. The van der Waals surface area contributed by atoms with E-state index in [1.54, 1.807) is 0 Å². The molecule has 0 aromatic heterocycles. The van der Waals surface area contributed by atoms with Crippen molar-refractivity contribution in [2.45, 2.75) is 38.3 Å². The minimum atomic E-state index is -0.0406. The Kier molecular flexibility index (Phi) is 4.90. The van der Waals surface area contributed by atoms with Crippen molar-refractivity contribution >= 4 is 15.9 Å². The van der Waals surface area contributed by atoms with E-state index in [1.807, 2.05) is 0 Å². The summed E-state index contributed by atoms with van der Waals surface area (Å²) < 4.78 is 6.75. The molecular formula is C16H25BrN2O. The van der Waals surface area contributed by atoms with E-state index >= 15 is 0 Å². The fourth-order valence-electron chi connectivity index (χ4n) is 3.18. The number of rotatable bonds is 4. The Morgan fingerprint density at radius 3 is 2.55 bits per heavy atom. The van der Waals surface area contributed by atoms with Gasteiger partial charge in [0.25, 0.3) is 0 Å². The quantitative estimate of drug-likeness (QED) is 0.915. The van der Waals surface area contributed by atoms with E-state index in [1.165, 1.54) is 5.56 Å². The summed E-state index contributed by atoms with van der Waals surface area (Å²) in [4.78, 5) is 2.52. The van der Waals surface area contributed by atoms with Gasteiger partial charge >= 0.3 is 0 Å². The molecule has 1 unspecified atom stereocenters. The van der Waals surface area contributed by atoms with Crippen molar-refractivity contribution < 1.29 is 4.74 Å². The zero-order chi connectivity index (χ0) is 14.8. The van der Waals surface area contributed by atoms with Crippen LogP contribution in [0.25, 0.3) is 0 Å². The highest BCUT2D eigenvalue weighted by molar-refractivity contribution is 9.10. The predicted octanol–water partition coefficient (Wildman–Crippen LogP) is 2.82. The van der Waals surface area contributed by atoms with Gasteiger partial charge in [-0.2, -0.15) is 0 Å². The summed E-state index contributed by atoms with van der Waals surface area (Å²) in [5, 5.41) is 0. The molecule has 0 spiro atoms. The van der Waals surface area contributed by atoms with Gasteiger partial charge in [-0.25, -0.2) is 0 Å². The lowest BCUT2D eigenvalue weighted by Gasteiger charge is -2.52. The topological polar surface area (TPSA) is 38.5 Å². The van der Waals surface area contributed by atoms with Crippen LogP contribution in [-0.2, 0) is 11.2 Å². The fourth-order valence-corrected chi connectivity index (χ4v) is 3.44. The van der Waals surface area contributed by atoms with Crippen molar-refractivity contribution in [3.63, 3.8) is 0 Å². The molecule has 1 heterocycles. The molecule has 0 radical (unpaired) electrons. The van der Waals surface area contributed by atoms with Crippen molar-refractivity contribution in [2.24, 2.45) is 5.73 Å². The van der Waals surface area contributed by atoms with Crippen LogP contribution in [0, 0.1) is 0 Å². The summed E-state index contributed by atoms with van der Waals surface area (Å²) in [6.07, 6.45) is 0.959. The van der Waals surface area contributed by atoms with Crippen molar-refractivity contribution in [1.82, 2.24) is 4.90 Å². The van der Waals surface area contributed by atoms with Gasteiger partial charge in [0.1, 0.15) is 0 Å². The Labute approximate surface area is 130 Å². The highest BCUT2D eigenvalue weighted by Crippen LogP contribution is 2.30. The molecule has 1 atom stereocenters. The minimum Gasteiger partial charge on any atom is -0.378 e. The second-order valence-corrected chi connectivity index (χ2v) is 7.44. The molecule has 1 aliphatic rings. The molecule has 0 amide bonds. The molecule has 1 fully saturated rings. The molecule has 1 aromatic carbocycles. The Morgan fingerprint density at radius 1 is 1.35 bits per heavy atom. The van der Waals surface area contributed by atoms with E-state index in [2.05, 4.69) is 65.9 Å². The molecule has 112 valence electrons. The van der Waals surface area contributed by atoms with Gasteiger partial charge in [-0.05, 0) is 44.9 Å². The number of hydrogen-bond donors (Lipinski definition) is 1. The van der Waals surface area contributed by atoms with Gasteiger partial charge in [-0.3, -0.25) is 4.90 Å². The van der Waals surface area contributed by atoms with Crippen LogP contribution >= 0.6 is 15.9 Å². The van der Waals surface area contributed by atoms with E-state index < -0.39 is 0 Å². The summed E-state index contributed by atoms with van der Waals surface area (Å²) in [6.45, 7) is 9.89. The normalized spacial score (nSPS) is 22.4. The molecule has 1 aromatic rings. The largest absolute Gasteiger partial charge is 0.378 e. The van der Waals surface area contributed by atoms with E-state index in [9.17, 15) is 0 Å². The van der Waals surface area contributed by atoms with Crippen LogP contribution in [0.3, 0.4) is 0 Å². The van der Waals surface area contributed by atoms with Crippen molar-refractivity contribution in [2.75, 3.05) is 26.3 Å². The molecule has 1 aliphatic heterocycles. The van der Waals surface area contributed by atoms with E-state index in [0.29, 0.717) is 6.54 Å². The van der Waals surface area contributed by atoms with E-state index in [0.717, 1.165) is 30.7 Å². The first kappa shape index (κ1) is 16.0. The van der Waals surface area contributed by atoms with Gasteiger partial charge in [0, 0.05) is 28.6 Å². The van der Waals surface area contributed by atoms with E-state index in [-0.39, 0.29) is 11.1 Å². The first-order valence-corrected chi connectivity index (χ1v) is 7.97. The molecule has 3 nitrogen and oxygen atoms in total. The van der Waals surface area contributed by atoms with Gasteiger partial charge in [0.15, 0.2) is 0 Å². The fraction of sp³-hybridized carbons (Fsp3) is 0.625. The number of nitrogens with zero attached hydrogens (tertiary/aromatic N) is 1. The minimum absolute atomic E-state index is 0.0295. The highest BCUT2D eigenvalue weighted by atomic mass is 79.9. The first-order valence-electron chi connectivity index (χ1n) is 7.17. The third-order valence-corrected chi connectivity index (χ3v) is 4.76. The summed E-state index contributed by atoms with van der Waals surface area (Å²) in [5.41, 5.74) is 7.46. The predicted molar refractivity (Wildman–Crippen MR) is 86.9 cm³/mol. The Hall–Kier alpha value is -0.420. The number of hydrogen-bond acceptors (Lipinski definition) is 3. The molecule has 0 aliphatic carbocycles. The zero-order valence-electron chi connectivity index (χ0n) is 12.7. The average molecular weight is 341 g/mol. The van der Waals surface area contributed by atoms with Crippen LogP contribution < -0.4 is 5.73 Å². The van der Waals surface area contributed by atoms with Gasteiger partial charge in [-0.15, -0.1) is 0 Å². The van der Waals surface area contributed by atoms with Gasteiger partial charge in [-0.1, -0.05) is 28.1 Å². The first-order chi connectivity index (χ1) is 9.37.